The van der Waals surface area contributed by atoms with Gasteiger partial charge in [0.05, 0.1) is 0 Å². The molecule has 1 rings (SSSR count). The summed E-state index contributed by atoms with van der Waals surface area (Å²) in [4.78, 5) is 0. The SMILES string of the molecule is CCc1ccc(C(N)C=C(C)C)cc1. The Labute approximate surface area is 86.6 Å². The fourth-order valence-electron chi connectivity index (χ4n) is 1.43. The highest BCUT2D eigenvalue weighted by atomic mass is 14.6. The molecule has 1 unspecified atom stereocenters. The van der Waals surface area contributed by atoms with E-state index >= 15 is 0 Å². The van der Waals surface area contributed by atoms with Crippen molar-refractivity contribution in [3.8, 4) is 0 Å². The number of aryl methyl sites for hydroxylation is 1. The van der Waals surface area contributed by atoms with Crippen molar-refractivity contribution in [3.63, 3.8) is 0 Å². The van der Waals surface area contributed by atoms with Crippen LogP contribution in [0.2, 0.25) is 0 Å². The summed E-state index contributed by atoms with van der Waals surface area (Å²) < 4.78 is 0. The highest BCUT2D eigenvalue weighted by molar-refractivity contribution is 5.27. The summed E-state index contributed by atoms with van der Waals surface area (Å²) in [5.74, 6) is 0. The number of hydrogen-bond acceptors (Lipinski definition) is 1. The van der Waals surface area contributed by atoms with E-state index in [4.69, 9.17) is 5.73 Å². The lowest BCUT2D eigenvalue weighted by Crippen LogP contribution is -2.07. The molecule has 76 valence electrons. The van der Waals surface area contributed by atoms with E-state index in [0.717, 1.165) is 6.42 Å². The molecular weight excluding hydrogens is 170 g/mol. The van der Waals surface area contributed by atoms with E-state index in [-0.39, 0.29) is 6.04 Å². The van der Waals surface area contributed by atoms with Gasteiger partial charge < -0.3 is 5.73 Å². The van der Waals surface area contributed by atoms with Crippen LogP contribution in [0.25, 0.3) is 0 Å². The Morgan fingerprint density at radius 3 is 2.29 bits per heavy atom. The van der Waals surface area contributed by atoms with Gasteiger partial charge >= 0.3 is 0 Å². The van der Waals surface area contributed by atoms with Gasteiger partial charge in [0.15, 0.2) is 0 Å². The van der Waals surface area contributed by atoms with Crippen molar-refractivity contribution in [3.05, 3.63) is 47.0 Å². The maximum atomic E-state index is 6.01. The third-order valence-electron chi connectivity index (χ3n) is 2.29. The van der Waals surface area contributed by atoms with Crippen LogP contribution in [0, 0.1) is 0 Å². The van der Waals surface area contributed by atoms with Gasteiger partial charge in [-0.3, -0.25) is 0 Å². The van der Waals surface area contributed by atoms with E-state index in [1.165, 1.54) is 16.7 Å². The molecule has 0 spiro atoms. The Morgan fingerprint density at radius 2 is 1.86 bits per heavy atom. The fraction of sp³-hybridized carbons (Fsp3) is 0.385. The van der Waals surface area contributed by atoms with Crippen LogP contribution in [-0.4, -0.2) is 0 Å². The van der Waals surface area contributed by atoms with Crippen molar-refractivity contribution in [2.24, 2.45) is 5.73 Å². The van der Waals surface area contributed by atoms with Gasteiger partial charge in [-0.2, -0.15) is 0 Å². The average Bonchev–Trinajstić information content (AvgIpc) is 2.17. The van der Waals surface area contributed by atoms with Crippen LogP contribution in [-0.2, 0) is 6.42 Å². The van der Waals surface area contributed by atoms with E-state index in [0.29, 0.717) is 0 Å². The molecular formula is C13H19N. The molecule has 0 aromatic heterocycles. The molecule has 2 N–H and O–H groups in total. The van der Waals surface area contributed by atoms with Gasteiger partial charge in [0.1, 0.15) is 0 Å². The van der Waals surface area contributed by atoms with E-state index in [1.807, 2.05) is 0 Å². The minimum atomic E-state index is 0.0332. The zero-order valence-electron chi connectivity index (χ0n) is 9.25. The quantitative estimate of drug-likeness (QED) is 0.726. The van der Waals surface area contributed by atoms with Gasteiger partial charge in [-0.25, -0.2) is 0 Å². The topological polar surface area (TPSA) is 26.0 Å². The van der Waals surface area contributed by atoms with E-state index < -0.39 is 0 Å². The van der Waals surface area contributed by atoms with Crippen LogP contribution in [0.4, 0.5) is 0 Å². The second kappa shape index (κ2) is 4.97. The lowest BCUT2D eigenvalue weighted by molar-refractivity contribution is 0.897. The van der Waals surface area contributed by atoms with Crippen molar-refractivity contribution in [2.75, 3.05) is 0 Å². The lowest BCUT2D eigenvalue weighted by Gasteiger charge is -2.08. The molecule has 1 nitrogen and oxygen atoms in total. The third kappa shape index (κ3) is 3.00. The number of allylic oxidation sites excluding steroid dienone is 1. The number of hydrogen-bond donors (Lipinski definition) is 1. The molecule has 0 heterocycles. The number of nitrogens with two attached hydrogens (primary N) is 1. The Kier molecular flexibility index (Phi) is 3.90. The van der Waals surface area contributed by atoms with Gasteiger partial charge in [-0.05, 0) is 31.4 Å². The molecule has 1 aromatic rings. The van der Waals surface area contributed by atoms with Crippen LogP contribution in [0.3, 0.4) is 0 Å². The summed E-state index contributed by atoms with van der Waals surface area (Å²) in [7, 11) is 0. The Hall–Kier alpha value is -1.08. The van der Waals surface area contributed by atoms with Crippen LogP contribution in [0.5, 0.6) is 0 Å². The normalized spacial score (nSPS) is 12.3. The van der Waals surface area contributed by atoms with Gasteiger partial charge in [-0.15, -0.1) is 0 Å². The van der Waals surface area contributed by atoms with Crippen LogP contribution >= 0.6 is 0 Å². The van der Waals surface area contributed by atoms with E-state index in [1.54, 1.807) is 0 Å². The maximum absolute atomic E-state index is 6.01. The molecule has 0 radical (unpaired) electrons. The van der Waals surface area contributed by atoms with Gasteiger partial charge in [0, 0.05) is 6.04 Å². The number of benzene rings is 1. The first-order valence-corrected chi connectivity index (χ1v) is 5.13. The van der Waals surface area contributed by atoms with Gasteiger partial charge in [-0.1, -0.05) is 42.8 Å². The summed E-state index contributed by atoms with van der Waals surface area (Å²) in [6, 6.07) is 8.56. The highest BCUT2D eigenvalue weighted by Crippen LogP contribution is 2.14. The van der Waals surface area contributed by atoms with Gasteiger partial charge in [0.25, 0.3) is 0 Å². The molecule has 1 aromatic carbocycles. The molecule has 1 atom stereocenters. The first-order valence-electron chi connectivity index (χ1n) is 5.13. The van der Waals surface area contributed by atoms with Crippen LogP contribution in [0.1, 0.15) is 37.9 Å². The minimum Gasteiger partial charge on any atom is -0.321 e. The van der Waals surface area contributed by atoms with Crippen molar-refractivity contribution in [1.82, 2.24) is 0 Å². The third-order valence-corrected chi connectivity index (χ3v) is 2.29. The Morgan fingerprint density at radius 1 is 1.29 bits per heavy atom. The first-order chi connectivity index (χ1) is 6.63. The predicted molar refractivity (Wildman–Crippen MR) is 62.2 cm³/mol. The predicted octanol–water partition coefficient (Wildman–Crippen LogP) is 3.22. The second-order valence-electron chi connectivity index (χ2n) is 3.86. The molecule has 0 bridgehead atoms. The highest BCUT2D eigenvalue weighted by Gasteiger charge is 2.01. The zero-order valence-corrected chi connectivity index (χ0v) is 9.25. The van der Waals surface area contributed by atoms with Gasteiger partial charge in [0.2, 0.25) is 0 Å². The summed E-state index contributed by atoms with van der Waals surface area (Å²) >= 11 is 0. The first kappa shape index (κ1) is 11.0. The van der Waals surface area contributed by atoms with Crippen molar-refractivity contribution in [2.45, 2.75) is 33.2 Å². The molecule has 0 aliphatic carbocycles. The molecule has 0 aliphatic rings. The van der Waals surface area contributed by atoms with Crippen LogP contribution in [0.15, 0.2) is 35.9 Å². The molecule has 0 aliphatic heterocycles. The molecule has 0 amide bonds. The monoisotopic (exact) mass is 189 g/mol. The summed E-state index contributed by atoms with van der Waals surface area (Å²) in [5, 5.41) is 0. The largest absolute Gasteiger partial charge is 0.321 e. The summed E-state index contributed by atoms with van der Waals surface area (Å²) in [6.45, 7) is 6.30. The maximum Gasteiger partial charge on any atom is 0.0483 e. The average molecular weight is 189 g/mol. The standard InChI is InChI=1S/C13H19N/c1-4-11-5-7-12(8-6-11)13(14)9-10(2)3/h5-9,13H,4,14H2,1-3H3. The lowest BCUT2D eigenvalue weighted by atomic mass is 10.0. The summed E-state index contributed by atoms with van der Waals surface area (Å²) in [5.41, 5.74) is 9.82. The number of rotatable bonds is 3. The van der Waals surface area contributed by atoms with E-state index in [2.05, 4.69) is 51.1 Å². The zero-order chi connectivity index (χ0) is 10.6. The molecule has 0 fully saturated rings. The molecule has 0 saturated carbocycles. The second-order valence-corrected chi connectivity index (χ2v) is 3.86. The molecule has 14 heavy (non-hydrogen) atoms. The van der Waals surface area contributed by atoms with E-state index in [9.17, 15) is 0 Å². The minimum absolute atomic E-state index is 0.0332. The molecule has 1 heteroatoms. The van der Waals surface area contributed by atoms with Crippen LogP contribution < -0.4 is 5.73 Å². The van der Waals surface area contributed by atoms with Crippen molar-refractivity contribution >= 4 is 0 Å². The smallest absolute Gasteiger partial charge is 0.0483 e. The Bertz CT molecular complexity index is 305. The Balaban J connectivity index is 2.81. The van der Waals surface area contributed by atoms with Crippen molar-refractivity contribution < 1.29 is 0 Å². The molecule has 0 saturated heterocycles. The fourth-order valence-corrected chi connectivity index (χ4v) is 1.43. The summed E-state index contributed by atoms with van der Waals surface area (Å²) in [6.07, 6.45) is 3.17. The van der Waals surface area contributed by atoms with Crippen molar-refractivity contribution in [1.29, 1.82) is 0 Å².